The fraction of sp³-hybridized carbons (Fsp3) is 0.548. The molecule has 0 saturated carbocycles. The second-order valence-corrected chi connectivity index (χ2v) is 27.2. The third-order valence-corrected chi connectivity index (χ3v) is 21.1. The Labute approximate surface area is 474 Å². The molecule has 0 radical (unpaired) electrons. The first-order valence-corrected chi connectivity index (χ1v) is 30.4. The van der Waals surface area contributed by atoms with Crippen molar-refractivity contribution in [1.82, 2.24) is 39.5 Å². The number of piperidine rings is 4. The van der Waals surface area contributed by atoms with Crippen LogP contribution in [-0.4, -0.2) is 114 Å². The summed E-state index contributed by atoms with van der Waals surface area (Å²) in [6.07, 6.45) is 13.0. The molecular weight excluding hydrogens is 1030 g/mol. The molecule has 10 rings (SSSR count). The number of carbonyl (C=O) groups excluding carboxylic acids is 4. The van der Waals surface area contributed by atoms with Crippen molar-refractivity contribution in [3.63, 3.8) is 0 Å². The number of nitrogens with one attached hydrogen (secondary N) is 2. The number of nitrogens with two attached hydrogens (primary N) is 1. The lowest BCUT2D eigenvalue weighted by Gasteiger charge is -2.55. The topological polar surface area (TPSA) is 183 Å². The Kier molecular flexibility index (Phi) is 16.1. The van der Waals surface area contributed by atoms with E-state index >= 15 is 0 Å². The van der Waals surface area contributed by atoms with Crippen LogP contribution in [0.3, 0.4) is 0 Å². The zero-order valence-electron chi connectivity index (χ0n) is 48.2. The van der Waals surface area contributed by atoms with E-state index in [9.17, 15) is 19.2 Å². The van der Waals surface area contributed by atoms with Gasteiger partial charge in [0.05, 0.1) is 66.3 Å². The van der Waals surface area contributed by atoms with Gasteiger partial charge >= 0.3 is 23.6 Å². The summed E-state index contributed by atoms with van der Waals surface area (Å²) in [7, 11) is 4.45. The number of pyridine rings is 2. The summed E-state index contributed by atoms with van der Waals surface area (Å²) in [5.74, 6) is -0.808. The number of hydrogen-bond acceptors (Lipinski definition) is 13. The van der Waals surface area contributed by atoms with Crippen LogP contribution in [-0.2, 0) is 25.6 Å². The molecule has 3 unspecified atom stereocenters. The molecule has 6 aromatic rings. The maximum Gasteiger partial charge on any atom is 0.313 e. The smallest absolute Gasteiger partial charge is 0.313 e. The van der Waals surface area contributed by atoms with Gasteiger partial charge in [0, 0.05) is 53.8 Å². The monoisotopic (exact) mass is 1110 g/mol. The van der Waals surface area contributed by atoms with E-state index in [2.05, 4.69) is 129 Å². The summed E-state index contributed by atoms with van der Waals surface area (Å²) in [6.45, 7) is 20.7. The van der Waals surface area contributed by atoms with Gasteiger partial charge in [-0.2, -0.15) is 0 Å². The van der Waals surface area contributed by atoms with Crippen LogP contribution in [0.4, 0.5) is 17.2 Å². The van der Waals surface area contributed by atoms with Crippen molar-refractivity contribution in [2.45, 2.75) is 180 Å². The Morgan fingerprint density at radius 2 is 1.20 bits per heavy atom. The molecular formula is C62H81N11O4S2. The SMILES string of the molecule is Cc1cc(NC(=O)C(=O)N2C[C@@H](C)CC[C@@H]2c2ccc3sc(C4CC(C)(C)N(C)C(C)(CCCc5cc(NC(=O)C(=O)N6C[C@@H](C)CC[C@@H]6c6ccc7sc(C8C[C@@H](C)N(C)[C@@H](C)C8)nc7c6)cnc5N)C4)nc3c2)cnc1C. The number of benzene rings is 2. The van der Waals surface area contributed by atoms with Crippen LogP contribution >= 0.6 is 22.7 Å². The average molecular weight is 1110 g/mol. The van der Waals surface area contributed by atoms with Crippen LogP contribution in [0.1, 0.15) is 175 Å². The molecule has 8 heterocycles. The summed E-state index contributed by atoms with van der Waals surface area (Å²) >= 11 is 3.54. The van der Waals surface area contributed by atoms with Crippen LogP contribution in [0.15, 0.2) is 60.9 Å². The lowest BCUT2D eigenvalue weighted by atomic mass is 9.71. The highest BCUT2D eigenvalue weighted by Gasteiger charge is 2.47. The Morgan fingerprint density at radius 1 is 0.684 bits per heavy atom. The highest BCUT2D eigenvalue weighted by atomic mass is 32.1. The Hall–Kier alpha value is -5.88. The number of aromatic nitrogens is 4. The molecule has 4 N–H and O–H groups in total. The maximum atomic E-state index is 14.2. The molecule has 0 aliphatic carbocycles. The van der Waals surface area contributed by atoms with Gasteiger partial charge in [-0.3, -0.25) is 29.1 Å². The van der Waals surface area contributed by atoms with Gasteiger partial charge in [0.15, 0.2) is 0 Å². The minimum atomic E-state index is -0.678. The van der Waals surface area contributed by atoms with E-state index < -0.39 is 23.6 Å². The predicted octanol–water partition coefficient (Wildman–Crippen LogP) is 11.7. The fourth-order valence-electron chi connectivity index (χ4n) is 13.5. The number of nitrogens with zero attached hydrogens (tertiary/aromatic N) is 8. The highest BCUT2D eigenvalue weighted by molar-refractivity contribution is 7.19. The number of likely N-dealkylation sites (tertiary alicyclic amines) is 4. The van der Waals surface area contributed by atoms with Crippen molar-refractivity contribution in [3.8, 4) is 0 Å². The summed E-state index contributed by atoms with van der Waals surface area (Å²) in [4.78, 5) is 83.3. The third-order valence-electron chi connectivity index (χ3n) is 18.7. The molecule has 4 fully saturated rings. The maximum absolute atomic E-state index is 14.2. The number of amides is 4. The van der Waals surface area contributed by atoms with Crippen molar-refractivity contribution in [2.24, 2.45) is 11.8 Å². The van der Waals surface area contributed by atoms with Gasteiger partial charge < -0.3 is 31.1 Å². The minimum absolute atomic E-state index is 0.113. The van der Waals surface area contributed by atoms with E-state index in [1.165, 1.54) is 5.01 Å². The van der Waals surface area contributed by atoms with E-state index in [-0.39, 0.29) is 40.9 Å². The first-order chi connectivity index (χ1) is 37.5. The molecule has 9 atom stereocenters. The van der Waals surface area contributed by atoms with Gasteiger partial charge in [-0.1, -0.05) is 26.0 Å². The van der Waals surface area contributed by atoms with Crippen molar-refractivity contribution in [1.29, 1.82) is 0 Å². The standard InChI is InChI=1S/C62H81N11O4S2/c1-35-15-19-51(72(33-35)59(76)55(74)66-46-23-37(3)40(6)64-31-46)42-17-21-53-49(28-42)69-58(79-53)45-29-61(7,8)71(11)62(9,30-45)22-12-13-43-26-47(32-65-54(43)63)67-56(75)60(77)73-34-36(2)14-18-50(73)41-16-20-52-48(27-41)68-57(78-52)44-24-38(4)70(10)39(5)25-44/h16-17,20-21,23,26-28,31-32,35-36,38-39,44-45,50-51H,12-15,18-19,22,24-25,29-30,33-34H2,1-11H3,(H2,63,65)(H,66,74)(H,67,75)/t35-,36-,38-,39+,44?,45?,50+,51+,62?/m0/s1. The number of hydrogen-bond donors (Lipinski definition) is 3. The number of anilines is 3. The second-order valence-electron chi connectivity index (χ2n) is 25.0. The number of thiazole rings is 2. The van der Waals surface area contributed by atoms with Gasteiger partial charge in [0.1, 0.15) is 5.82 Å². The zero-order valence-corrected chi connectivity index (χ0v) is 49.8. The third kappa shape index (κ3) is 11.8. The van der Waals surface area contributed by atoms with Crippen molar-refractivity contribution < 1.29 is 19.2 Å². The number of carbonyl (C=O) groups is 4. The van der Waals surface area contributed by atoms with Gasteiger partial charge in [-0.05, 0) is 204 Å². The molecule has 2 aromatic carbocycles. The van der Waals surface area contributed by atoms with Crippen molar-refractivity contribution >= 4 is 83.9 Å². The van der Waals surface area contributed by atoms with Crippen molar-refractivity contribution in [3.05, 3.63) is 98.9 Å². The fourth-order valence-corrected chi connectivity index (χ4v) is 15.6. The summed E-state index contributed by atoms with van der Waals surface area (Å²) in [6, 6.07) is 17.1. The summed E-state index contributed by atoms with van der Waals surface area (Å²) < 4.78 is 2.26. The van der Waals surface area contributed by atoms with Gasteiger partial charge in [0.25, 0.3) is 0 Å². The molecule has 0 bridgehead atoms. The second kappa shape index (κ2) is 22.6. The summed E-state index contributed by atoms with van der Waals surface area (Å²) in [5, 5.41) is 8.01. The molecule has 79 heavy (non-hydrogen) atoms. The van der Waals surface area contributed by atoms with Crippen molar-refractivity contribution in [2.75, 3.05) is 43.6 Å². The Bertz CT molecular complexity index is 3270. The average Bonchev–Trinajstić information content (AvgIpc) is 4.30. The van der Waals surface area contributed by atoms with E-state index in [1.54, 1.807) is 44.9 Å². The minimum Gasteiger partial charge on any atom is -0.383 e. The largest absolute Gasteiger partial charge is 0.383 e. The lowest BCUT2D eigenvalue weighted by Crippen LogP contribution is -2.59. The molecule has 4 aromatic heterocycles. The number of nitrogen functional groups attached to an aromatic ring is 1. The molecule has 4 amide bonds. The Balaban J connectivity index is 0.785. The van der Waals surface area contributed by atoms with E-state index in [0.717, 1.165) is 118 Å². The quantitative estimate of drug-likeness (QED) is 0.111. The molecule has 4 aliphatic heterocycles. The molecule has 4 aliphatic rings. The van der Waals surface area contributed by atoms with E-state index in [1.807, 2.05) is 26.0 Å². The van der Waals surface area contributed by atoms with Gasteiger partial charge in [0.2, 0.25) is 0 Å². The number of aryl methyl sites for hydroxylation is 3. The lowest BCUT2D eigenvalue weighted by molar-refractivity contribution is -0.146. The first kappa shape index (κ1) is 56.4. The molecule has 420 valence electrons. The molecule has 0 spiro atoms. The number of fused-ring (bicyclic) bond motifs is 2. The van der Waals surface area contributed by atoms with Gasteiger partial charge in [-0.25, -0.2) is 15.0 Å². The van der Waals surface area contributed by atoms with E-state index in [4.69, 9.17) is 15.7 Å². The summed E-state index contributed by atoms with van der Waals surface area (Å²) in [5.41, 5.74) is 13.8. The molecule has 17 heteroatoms. The molecule has 4 saturated heterocycles. The van der Waals surface area contributed by atoms with Crippen LogP contribution in [0.2, 0.25) is 0 Å². The van der Waals surface area contributed by atoms with E-state index in [0.29, 0.717) is 54.7 Å². The number of rotatable bonds is 10. The Morgan fingerprint density at radius 3 is 1.75 bits per heavy atom. The predicted molar refractivity (Wildman–Crippen MR) is 318 cm³/mol. The molecule has 15 nitrogen and oxygen atoms in total. The normalized spacial score (nSPS) is 26.8. The first-order valence-electron chi connectivity index (χ1n) is 28.7. The highest BCUT2D eigenvalue weighted by Crippen LogP contribution is 2.49. The van der Waals surface area contributed by atoms with Crippen LogP contribution < -0.4 is 16.4 Å². The van der Waals surface area contributed by atoms with Crippen LogP contribution in [0.25, 0.3) is 20.4 Å². The van der Waals surface area contributed by atoms with Gasteiger partial charge in [-0.15, -0.1) is 22.7 Å². The van der Waals surface area contributed by atoms with Crippen LogP contribution in [0, 0.1) is 25.7 Å². The zero-order chi connectivity index (χ0) is 56.2. The van der Waals surface area contributed by atoms with Crippen LogP contribution in [0.5, 0.6) is 0 Å².